The topological polar surface area (TPSA) is 52.6 Å². The van der Waals surface area contributed by atoms with E-state index in [1.807, 2.05) is 61.5 Å². The molecule has 0 fully saturated rings. The summed E-state index contributed by atoms with van der Waals surface area (Å²) in [6.45, 7) is 2.76. The van der Waals surface area contributed by atoms with Gasteiger partial charge in [0.2, 0.25) is 0 Å². The molecule has 0 saturated carbocycles. The van der Waals surface area contributed by atoms with Crippen LogP contribution in [0.25, 0.3) is 0 Å². The van der Waals surface area contributed by atoms with Crippen molar-refractivity contribution in [2.75, 3.05) is 12.9 Å². The molecule has 1 atom stereocenters. The van der Waals surface area contributed by atoms with Crippen molar-refractivity contribution < 1.29 is 17.3 Å². The summed E-state index contributed by atoms with van der Waals surface area (Å²) in [7, 11) is -3.37. The van der Waals surface area contributed by atoms with Crippen LogP contribution in [0.1, 0.15) is 29.7 Å². The molecule has 1 unspecified atom stereocenters. The number of ether oxygens (including phenoxy) is 1. The van der Waals surface area contributed by atoms with Gasteiger partial charge < -0.3 is 4.74 Å². The third kappa shape index (κ3) is 6.52. The zero-order valence-electron chi connectivity index (χ0n) is 13.4. The van der Waals surface area contributed by atoms with E-state index in [4.69, 9.17) is 8.92 Å². The van der Waals surface area contributed by atoms with Crippen LogP contribution in [0.4, 0.5) is 0 Å². The number of hydrogen-bond donors (Lipinski definition) is 0. The van der Waals surface area contributed by atoms with Crippen LogP contribution in [-0.4, -0.2) is 21.3 Å². The monoisotopic (exact) mass is 334 g/mol. The number of benzene rings is 2. The van der Waals surface area contributed by atoms with Gasteiger partial charge in [0.05, 0.1) is 25.6 Å². The molecule has 2 aromatic rings. The Hall–Kier alpha value is -1.69. The van der Waals surface area contributed by atoms with E-state index >= 15 is 0 Å². The highest BCUT2D eigenvalue weighted by Crippen LogP contribution is 2.19. The second-order valence-corrected chi connectivity index (χ2v) is 7.10. The van der Waals surface area contributed by atoms with E-state index in [-0.39, 0.29) is 12.7 Å². The molecular weight excluding hydrogens is 312 g/mol. The second-order valence-electron chi connectivity index (χ2n) is 5.46. The van der Waals surface area contributed by atoms with Gasteiger partial charge in [-0.2, -0.15) is 8.42 Å². The average molecular weight is 334 g/mol. The van der Waals surface area contributed by atoms with Crippen LogP contribution in [0.5, 0.6) is 0 Å². The molecule has 5 heteroatoms. The molecule has 2 aromatic carbocycles. The van der Waals surface area contributed by atoms with Crippen LogP contribution < -0.4 is 0 Å². The molecule has 0 aliphatic rings. The summed E-state index contributed by atoms with van der Waals surface area (Å²) in [4.78, 5) is 0. The van der Waals surface area contributed by atoms with Crippen LogP contribution in [0.2, 0.25) is 0 Å². The fraction of sp³-hybridized carbons (Fsp3) is 0.333. The van der Waals surface area contributed by atoms with Crippen LogP contribution in [-0.2, 0) is 32.1 Å². The van der Waals surface area contributed by atoms with Gasteiger partial charge in [0.1, 0.15) is 0 Å². The van der Waals surface area contributed by atoms with Crippen molar-refractivity contribution in [2.24, 2.45) is 0 Å². The van der Waals surface area contributed by atoms with Crippen LogP contribution in [0.3, 0.4) is 0 Å². The molecule has 0 heterocycles. The van der Waals surface area contributed by atoms with E-state index in [0.29, 0.717) is 13.0 Å². The number of rotatable bonds is 8. The van der Waals surface area contributed by atoms with Crippen LogP contribution in [0, 0.1) is 0 Å². The molecule has 0 radical (unpaired) electrons. The Morgan fingerprint density at radius 3 is 2.22 bits per heavy atom. The van der Waals surface area contributed by atoms with Crippen molar-refractivity contribution in [2.45, 2.75) is 26.1 Å². The van der Waals surface area contributed by atoms with Gasteiger partial charge >= 0.3 is 0 Å². The van der Waals surface area contributed by atoms with Gasteiger partial charge in [0.15, 0.2) is 0 Å². The Morgan fingerprint density at radius 1 is 0.957 bits per heavy atom. The van der Waals surface area contributed by atoms with Crippen molar-refractivity contribution in [1.29, 1.82) is 0 Å². The first-order valence-electron chi connectivity index (χ1n) is 7.53. The van der Waals surface area contributed by atoms with Gasteiger partial charge in [-0.25, -0.2) is 0 Å². The first-order chi connectivity index (χ1) is 10.9. The third-order valence-corrected chi connectivity index (χ3v) is 4.07. The molecule has 0 spiro atoms. The van der Waals surface area contributed by atoms with E-state index in [1.54, 1.807) is 0 Å². The van der Waals surface area contributed by atoms with E-state index in [9.17, 15) is 8.42 Å². The third-order valence-electron chi connectivity index (χ3n) is 3.48. The fourth-order valence-electron chi connectivity index (χ4n) is 2.16. The summed E-state index contributed by atoms with van der Waals surface area (Å²) >= 11 is 0. The first-order valence-corrected chi connectivity index (χ1v) is 9.34. The van der Waals surface area contributed by atoms with Crippen molar-refractivity contribution in [3.05, 3.63) is 71.3 Å². The predicted molar refractivity (Wildman–Crippen MR) is 90.6 cm³/mol. The smallest absolute Gasteiger partial charge is 0.264 e. The van der Waals surface area contributed by atoms with Crippen LogP contribution >= 0.6 is 0 Å². The molecule has 0 aliphatic carbocycles. The molecule has 4 nitrogen and oxygen atoms in total. The minimum Gasteiger partial charge on any atom is -0.369 e. The van der Waals surface area contributed by atoms with Gasteiger partial charge in [-0.3, -0.25) is 4.18 Å². The van der Waals surface area contributed by atoms with E-state index in [1.165, 1.54) is 0 Å². The lowest BCUT2D eigenvalue weighted by atomic mass is 10.1. The van der Waals surface area contributed by atoms with E-state index in [0.717, 1.165) is 22.9 Å². The Kier molecular flexibility index (Phi) is 6.33. The van der Waals surface area contributed by atoms with Crippen molar-refractivity contribution in [3.63, 3.8) is 0 Å². The molecule has 23 heavy (non-hydrogen) atoms. The molecule has 0 saturated heterocycles. The van der Waals surface area contributed by atoms with Gasteiger partial charge in [-0.1, -0.05) is 54.6 Å². The first kappa shape index (κ1) is 17.7. The Labute approximate surface area is 138 Å². The van der Waals surface area contributed by atoms with Gasteiger partial charge in [0.25, 0.3) is 10.1 Å². The minimum atomic E-state index is -3.37. The van der Waals surface area contributed by atoms with Crippen LogP contribution in [0.15, 0.2) is 54.6 Å². The quantitative estimate of drug-likeness (QED) is 0.694. The maximum Gasteiger partial charge on any atom is 0.264 e. The maximum atomic E-state index is 10.9. The van der Waals surface area contributed by atoms with Gasteiger partial charge in [0, 0.05) is 0 Å². The minimum absolute atomic E-state index is 0.00322. The Bertz CT molecular complexity index is 694. The summed E-state index contributed by atoms with van der Waals surface area (Å²) in [6, 6.07) is 18.0. The lowest BCUT2D eigenvalue weighted by Crippen LogP contribution is -2.06. The maximum absolute atomic E-state index is 10.9. The average Bonchev–Trinajstić information content (AvgIpc) is 2.53. The molecule has 0 bridgehead atoms. The summed E-state index contributed by atoms with van der Waals surface area (Å²) in [5, 5.41) is 0. The molecular formula is C18H22O4S. The largest absolute Gasteiger partial charge is 0.369 e. The standard InChI is InChI=1S/C18H22O4S/c1-15(21-14-17-6-4-3-5-7-17)18-10-8-16(9-11-18)12-13-22-23(2,19)20/h3-11,15H,12-14H2,1-2H3. The lowest BCUT2D eigenvalue weighted by molar-refractivity contribution is 0.0525. The highest BCUT2D eigenvalue weighted by Gasteiger charge is 2.07. The highest BCUT2D eigenvalue weighted by atomic mass is 32.2. The molecule has 0 amide bonds. The molecule has 0 aromatic heterocycles. The van der Waals surface area contributed by atoms with Crippen molar-refractivity contribution >= 4 is 10.1 Å². The normalized spacial score (nSPS) is 13.0. The lowest BCUT2D eigenvalue weighted by Gasteiger charge is -2.14. The zero-order chi connectivity index (χ0) is 16.7. The molecule has 2 rings (SSSR count). The molecule has 0 aliphatic heterocycles. The molecule has 0 N–H and O–H groups in total. The highest BCUT2D eigenvalue weighted by molar-refractivity contribution is 7.85. The number of hydrogen-bond acceptors (Lipinski definition) is 4. The van der Waals surface area contributed by atoms with Gasteiger partial charge in [-0.05, 0) is 30.0 Å². The summed E-state index contributed by atoms with van der Waals surface area (Å²) in [6.07, 6.45) is 1.62. The zero-order valence-corrected chi connectivity index (χ0v) is 14.3. The summed E-state index contributed by atoms with van der Waals surface area (Å²) in [5.41, 5.74) is 3.27. The fourth-order valence-corrected chi connectivity index (χ4v) is 2.54. The predicted octanol–water partition coefficient (Wildman–Crippen LogP) is 3.48. The van der Waals surface area contributed by atoms with E-state index < -0.39 is 10.1 Å². The SMILES string of the molecule is CC(OCc1ccccc1)c1ccc(CCOS(C)(=O)=O)cc1. The van der Waals surface area contributed by atoms with E-state index in [2.05, 4.69) is 0 Å². The second kappa shape index (κ2) is 8.24. The Morgan fingerprint density at radius 2 is 1.61 bits per heavy atom. The Balaban J connectivity index is 1.83. The molecule has 124 valence electrons. The summed E-state index contributed by atoms with van der Waals surface area (Å²) in [5.74, 6) is 0. The van der Waals surface area contributed by atoms with Gasteiger partial charge in [-0.15, -0.1) is 0 Å². The van der Waals surface area contributed by atoms with Crippen molar-refractivity contribution in [3.8, 4) is 0 Å². The summed E-state index contributed by atoms with van der Waals surface area (Å²) < 4.78 is 32.5. The van der Waals surface area contributed by atoms with Crippen molar-refractivity contribution in [1.82, 2.24) is 0 Å².